The molecule has 42 heavy (non-hydrogen) atoms. The summed E-state index contributed by atoms with van der Waals surface area (Å²) < 4.78 is 9.64. The number of hydrogen-bond acceptors (Lipinski definition) is 9. The number of nitrogens with two attached hydrogens (primary N) is 2. The number of nitrogens with zero attached hydrogens (tertiary/aromatic N) is 8. The third kappa shape index (κ3) is 7.73. The standard InChI is InChI=1S/C13H12ClN5O.C12H9BrClN5.CH4.CH3.Y/c1-20-13-16-9-10(15)17-12(14)18-11(9)19(13)7-8-5-3-2-4-6-8;13-11-16-8-9(15)17-12(14)18-10(8)19(11)6-7-4-2-1-3-5-7;;;/h2-6H,7H2,1H3,(H2,15,17,18);1-5H,6H2,(H2,15,17,18);1H4;1H3;/q;;;-1;. The van der Waals surface area contributed by atoms with E-state index in [2.05, 4.69) is 45.8 Å². The fraction of sp³-hybridized carbons (Fsp3) is 0.148. The van der Waals surface area contributed by atoms with E-state index in [9.17, 15) is 0 Å². The van der Waals surface area contributed by atoms with Crippen LogP contribution in [-0.4, -0.2) is 46.1 Å². The van der Waals surface area contributed by atoms with E-state index in [1.807, 2.05) is 69.8 Å². The molecule has 4 N–H and O–H groups in total. The van der Waals surface area contributed by atoms with Gasteiger partial charge in [-0.1, -0.05) is 68.1 Å². The number of anilines is 2. The monoisotopic (exact) mass is 746 g/mol. The molecule has 0 saturated carbocycles. The quantitative estimate of drug-likeness (QED) is 0.122. The molecule has 15 heteroatoms. The summed E-state index contributed by atoms with van der Waals surface area (Å²) in [5, 5.41) is 0.207. The van der Waals surface area contributed by atoms with Crippen molar-refractivity contribution in [3.8, 4) is 6.01 Å². The van der Waals surface area contributed by atoms with Gasteiger partial charge in [-0.2, -0.15) is 24.9 Å². The minimum absolute atomic E-state index is 0. The first kappa shape index (κ1) is 35.3. The molecule has 6 rings (SSSR count). The normalized spacial score (nSPS) is 10.2. The van der Waals surface area contributed by atoms with Gasteiger partial charge in [0.2, 0.25) is 10.6 Å². The van der Waals surface area contributed by atoms with Gasteiger partial charge in [0.25, 0.3) is 6.01 Å². The molecule has 0 amide bonds. The molecule has 0 atom stereocenters. The third-order valence-corrected chi connectivity index (χ3v) is 6.60. The molecular weight excluding hydrogens is 720 g/mol. The summed E-state index contributed by atoms with van der Waals surface area (Å²) in [7, 11) is 1.55. The second-order valence-electron chi connectivity index (χ2n) is 8.22. The molecule has 0 aliphatic carbocycles. The Bertz CT molecular complexity index is 1770. The number of nitrogen functional groups attached to an aromatic ring is 2. The number of rotatable bonds is 5. The first-order chi connectivity index (χ1) is 18.8. The first-order valence-corrected chi connectivity index (χ1v) is 13.0. The van der Waals surface area contributed by atoms with Crippen molar-refractivity contribution in [3.05, 3.63) is 94.5 Å². The van der Waals surface area contributed by atoms with Gasteiger partial charge < -0.3 is 23.6 Å². The van der Waals surface area contributed by atoms with E-state index in [-0.39, 0.29) is 69.8 Å². The summed E-state index contributed by atoms with van der Waals surface area (Å²) in [5.41, 5.74) is 16.1. The molecule has 1 radical (unpaired) electrons. The zero-order valence-corrected chi connectivity index (χ0v) is 28.0. The summed E-state index contributed by atoms with van der Waals surface area (Å²) in [6.45, 7) is 1.19. The predicted molar refractivity (Wildman–Crippen MR) is 168 cm³/mol. The van der Waals surface area contributed by atoms with Gasteiger partial charge in [0.05, 0.1) is 20.2 Å². The summed E-state index contributed by atoms with van der Waals surface area (Å²) in [6.07, 6.45) is 0. The average molecular weight is 748 g/mol. The van der Waals surface area contributed by atoms with Gasteiger partial charge in [0, 0.05) is 32.7 Å². The van der Waals surface area contributed by atoms with Crippen LogP contribution >= 0.6 is 39.1 Å². The van der Waals surface area contributed by atoms with E-state index < -0.39 is 0 Å². The van der Waals surface area contributed by atoms with Crippen LogP contribution in [0.5, 0.6) is 6.01 Å². The Hall–Kier alpha value is -2.90. The molecule has 0 saturated heterocycles. The van der Waals surface area contributed by atoms with Crippen molar-refractivity contribution >= 4 is 73.1 Å². The molecule has 0 fully saturated rings. The zero-order chi connectivity index (χ0) is 27.5. The average Bonchev–Trinajstić information content (AvgIpc) is 3.43. The van der Waals surface area contributed by atoms with Crippen molar-refractivity contribution in [2.24, 2.45) is 0 Å². The summed E-state index contributed by atoms with van der Waals surface area (Å²) in [5.74, 6) is 0.521. The number of imidazole rings is 2. The van der Waals surface area contributed by atoms with Crippen molar-refractivity contribution < 1.29 is 37.4 Å². The Morgan fingerprint density at radius 2 is 1.14 bits per heavy atom. The maximum atomic E-state index is 5.87. The molecule has 0 aliphatic rings. The largest absolute Gasteiger partial charge is 0.468 e. The van der Waals surface area contributed by atoms with Gasteiger partial charge in [-0.05, 0) is 50.3 Å². The van der Waals surface area contributed by atoms with E-state index >= 15 is 0 Å². The predicted octanol–water partition coefficient (Wildman–Crippen LogP) is 6.08. The molecule has 217 valence electrons. The number of fused-ring (bicyclic) bond motifs is 2. The molecule has 0 unspecified atom stereocenters. The summed E-state index contributed by atoms with van der Waals surface area (Å²) in [6, 6.07) is 20.4. The van der Waals surface area contributed by atoms with E-state index in [1.54, 1.807) is 7.11 Å². The molecule has 2 aromatic carbocycles. The van der Waals surface area contributed by atoms with Crippen LogP contribution in [-0.2, 0) is 45.8 Å². The molecule has 0 aliphatic heterocycles. The molecule has 4 aromatic heterocycles. The Morgan fingerprint density at radius 3 is 1.62 bits per heavy atom. The van der Waals surface area contributed by atoms with E-state index in [0.29, 0.717) is 46.2 Å². The maximum absolute atomic E-state index is 5.87. The van der Waals surface area contributed by atoms with Crippen LogP contribution in [0, 0.1) is 7.43 Å². The van der Waals surface area contributed by atoms with Gasteiger partial charge >= 0.3 is 0 Å². The number of halogens is 3. The van der Waals surface area contributed by atoms with Crippen molar-refractivity contribution in [1.29, 1.82) is 0 Å². The van der Waals surface area contributed by atoms with Crippen molar-refractivity contribution in [2.75, 3.05) is 18.6 Å². The molecule has 4 heterocycles. The molecule has 0 bridgehead atoms. The molecule has 11 nitrogen and oxygen atoms in total. The van der Waals surface area contributed by atoms with Crippen LogP contribution in [0.2, 0.25) is 10.6 Å². The van der Waals surface area contributed by atoms with Gasteiger partial charge in [-0.3, -0.25) is 9.13 Å². The van der Waals surface area contributed by atoms with E-state index in [0.717, 1.165) is 11.1 Å². The molecular formula is C27H28BrCl2N10OY-. The number of ether oxygens (including phenoxy) is 1. The van der Waals surface area contributed by atoms with E-state index in [4.69, 9.17) is 39.4 Å². The van der Waals surface area contributed by atoms with Crippen LogP contribution in [0.4, 0.5) is 11.6 Å². The zero-order valence-electron chi connectivity index (χ0n) is 22.0. The second kappa shape index (κ2) is 15.5. The Balaban J connectivity index is 0.000000274. The Labute approximate surface area is 287 Å². The summed E-state index contributed by atoms with van der Waals surface area (Å²) in [4.78, 5) is 24.8. The van der Waals surface area contributed by atoms with Gasteiger partial charge in [-0.25, -0.2) is 4.98 Å². The Morgan fingerprint density at radius 1 is 0.714 bits per heavy atom. The van der Waals surface area contributed by atoms with E-state index in [1.165, 1.54) is 0 Å². The summed E-state index contributed by atoms with van der Waals surface area (Å²) >= 11 is 15.1. The molecule has 6 aromatic rings. The van der Waals surface area contributed by atoms with Crippen LogP contribution in [0.1, 0.15) is 18.6 Å². The maximum Gasteiger partial charge on any atom is 0.298 e. The third-order valence-electron chi connectivity index (χ3n) is 5.66. The molecule has 0 spiro atoms. The second-order valence-corrected chi connectivity index (χ2v) is 9.61. The van der Waals surface area contributed by atoms with Crippen molar-refractivity contribution in [2.45, 2.75) is 20.5 Å². The topological polar surface area (TPSA) is 148 Å². The van der Waals surface area contributed by atoms with Gasteiger partial charge in [0.15, 0.2) is 38.7 Å². The number of hydrogen-bond donors (Lipinski definition) is 2. The minimum atomic E-state index is 0. The number of methoxy groups -OCH3 is 1. The van der Waals surface area contributed by atoms with Crippen molar-refractivity contribution in [1.82, 2.24) is 39.0 Å². The first-order valence-electron chi connectivity index (χ1n) is 11.5. The fourth-order valence-electron chi connectivity index (χ4n) is 3.91. The van der Waals surface area contributed by atoms with Crippen LogP contribution in [0.25, 0.3) is 22.3 Å². The van der Waals surface area contributed by atoms with Crippen LogP contribution in [0.3, 0.4) is 0 Å². The SMILES string of the molecule is C.COc1nc2c(N)nc(Cl)nc2n1Cc1ccccc1.Nc1nc(Cl)nc2c1nc(Br)n2Cc1ccccc1.[CH3-].[Y]. The minimum Gasteiger partial charge on any atom is -0.468 e. The number of aromatic nitrogens is 8. The van der Waals surface area contributed by atoms with Gasteiger partial charge in [-0.15, -0.1) is 0 Å². The number of benzene rings is 2. The Kier molecular flexibility index (Phi) is 13.1. The van der Waals surface area contributed by atoms with Crippen LogP contribution < -0.4 is 16.2 Å². The smallest absolute Gasteiger partial charge is 0.298 e. The fourth-order valence-corrected chi connectivity index (χ4v) is 4.73. The van der Waals surface area contributed by atoms with Crippen LogP contribution in [0.15, 0.2) is 65.4 Å². The van der Waals surface area contributed by atoms with Crippen molar-refractivity contribution in [3.63, 3.8) is 0 Å². The van der Waals surface area contributed by atoms with Gasteiger partial charge in [0.1, 0.15) is 0 Å².